The average molecular weight is 504 g/mol. The molecule has 5 nitrogen and oxygen atoms in total. The summed E-state index contributed by atoms with van der Waals surface area (Å²) in [5, 5.41) is 11.2. The van der Waals surface area contributed by atoms with Crippen molar-refractivity contribution in [3.8, 4) is 5.75 Å². The smallest absolute Gasteiger partial charge is 0.337 e. The van der Waals surface area contributed by atoms with E-state index < -0.39 is 5.60 Å². The van der Waals surface area contributed by atoms with Gasteiger partial charge in [-0.25, -0.2) is 4.79 Å². The van der Waals surface area contributed by atoms with E-state index in [0.29, 0.717) is 18.6 Å². The third-order valence-electron chi connectivity index (χ3n) is 7.29. The number of esters is 1. The standard InChI is InChI=1S/C30H33NO4S/c1-34-29(32)23-11-12-27-26(19-23)28(25-10-6-5-9-24(25)21-35-27)36-18-17-31-15-13-30(33,14-16-31)20-22-7-3-2-4-8-22/h2-12,19,28,33H,13-18,20-21H2,1H3. The number of rotatable bonds is 7. The quantitative estimate of drug-likeness (QED) is 0.444. The average Bonchev–Trinajstić information content (AvgIpc) is 3.06. The number of hydrogen-bond acceptors (Lipinski definition) is 6. The van der Waals surface area contributed by atoms with Crippen LogP contribution in [0.25, 0.3) is 0 Å². The van der Waals surface area contributed by atoms with Gasteiger partial charge in [-0.1, -0.05) is 54.6 Å². The first-order valence-corrected chi connectivity index (χ1v) is 13.6. The predicted molar refractivity (Wildman–Crippen MR) is 144 cm³/mol. The molecule has 0 bridgehead atoms. The fourth-order valence-electron chi connectivity index (χ4n) is 5.20. The number of nitrogens with zero attached hydrogens (tertiary/aromatic N) is 1. The van der Waals surface area contributed by atoms with Gasteiger partial charge in [-0.2, -0.15) is 0 Å². The summed E-state index contributed by atoms with van der Waals surface area (Å²) in [7, 11) is 1.41. The Balaban J connectivity index is 1.25. The number of carbonyl (C=O) groups is 1. The first kappa shape index (κ1) is 24.9. The van der Waals surface area contributed by atoms with Crippen molar-refractivity contribution in [2.45, 2.75) is 36.7 Å². The van der Waals surface area contributed by atoms with Crippen molar-refractivity contribution in [3.05, 3.63) is 101 Å². The van der Waals surface area contributed by atoms with Gasteiger partial charge >= 0.3 is 5.97 Å². The summed E-state index contributed by atoms with van der Waals surface area (Å²) < 4.78 is 11.1. The highest BCUT2D eigenvalue weighted by Gasteiger charge is 2.32. The van der Waals surface area contributed by atoms with Gasteiger partial charge in [0.1, 0.15) is 12.4 Å². The molecule has 0 amide bonds. The number of thioether (sulfide) groups is 1. The van der Waals surface area contributed by atoms with Gasteiger partial charge in [0.15, 0.2) is 0 Å². The molecule has 1 N–H and O–H groups in total. The molecule has 1 fully saturated rings. The lowest BCUT2D eigenvalue weighted by molar-refractivity contribution is -0.0192. The second kappa shape index (κ2) is 11.1. The van der Waals surface area contributed by atoms with Gasteiger partial charge in [-0.05, 0) is 47.7 Å². The molecule has 1 atom stereocenters. The molecule has 2 aliphatic rings. The van der Waals surface area contributed by atoms with Gasteiger partial charge in [0.25, 0.3) is 0 Å². The minimum atomic E-state index is -0.619. The predicted octanol–water partition coefficient (Wildman–Crippen LogP) is 5.26. The number of hydrogen-bond donors (Lipinski definition) is 1. The van der Waals surface area contributed by atoms with Crippen LogP contribution in [-0.2, 0) is 17.8 Å². The lowest BCUT2D eigenvalue weighted by atomic mass is 9.85. The number of piperidine rings is 1. The number of methoxy groups -OCH3 is 1. The monoisotopic (exact) mass is 503 g/mol. The molecule has 1 unspecified atom stereocenters. The highest BCUT2D eigenvalue weighted by atomic mass is 32.2. The molecule has 188 valence electrons. The van der Waals surface area contributed by atoms with Crippen molar-refractivity contribution in [2.75, 3.05) is 32.5 Å². The van der Waals surface area contributed by atoms with E-state index in [0.717, 1.165) is 49.5 Å². The topological polar surface area (TPSA) is 59.0 Å². The SMILES string of the molecule is COC(=O)c1ccc2c(c1)C(SCCN1CCC(O)(Cc3ccccc3)CC1)c1ccccc1CO2. The molecular formula is C30H33NO4S. The Labute approximate surface area is 217 Å². The van der Waals surface area contributed by atoms with E-state index >= 15 is 0 Å². The fraction of sp³-hybridized carbons (Fsp3) is 0.367. The number of likely N-dealkylation sites (tertiary alicyclic amines) is 1. The van der Waals surface area contributed by atoms with E-state index in [1.165, 1.54) is 23.8 Å². The maximum Gasteiger partial charge on any atom is 0.337 e. The van der Waals surface area contributed by atoms with Crippen LogP contribution >= 0.6 is 11.8 Å². The molecule has 1 saturated heterocycles. The molecule has 36 heavy (non-hydrogen) atoms. The van der Waals surface area contributed by atoms with E-state index in [1.807, 2.05) is 48.2 Å². The van der Waals surface area contributed by atoms with E-state index in [2.05, 4.69) is 35.2 Å². The summed E-state index contributed by atoms with van der Waals surface area (Å²) in [4.78, 5) is 14.7. The van der Waals surface area contributed by atoms with E-state index in [1.54, 1.807) is 6.07 Å². The zero-order valence-electron chi connectivity index (χ0n) is 20.7. The molecule has 0 aromatic heterocycles. The summed E-state index contributed by atoms with van der Waals surface area (Å²) in [5.74, 6) is 1.42. The lowest BCUT2D eigenvalue weighted by Gasteiger charge is -2.38. The van der Waals surface area contributed by atoms with Gasteiger partial charge < -0.3 is 19.5 Å². The number of ether oxygens (including phenoxy) is 2. The molecule has 2 aliphatic heterocycles. The molecular weight excluding hydrogens is 470 g/mol. The normalized spacial score (nSPS) is 18.9. The van der Waals surface area contributed by atoms with E-state index in [4.69, 9.17) is 9.47 Å². The molecule has 0 spiro atoms. The summed E-state index contributed by atoms with van der Waals surface area (Å²) in [5.41, 5.74) is 4.55. The number of carbonyl (C=O) groups excluding carboxylic acids is 1. The van der Waals surface area contributed by atoms with Crippen molar-refractivity contribution in [2.24, 2.45) is 0 Å². The van der Waals surface area contributed by atoms with Crippen molar-refractivity contribution in [3.63, 3.8) is 0 Å². The largest absolute Gasteiger partial charge is 0.489 e. The van der Waals surface area contributed by atoms with Crippen LogP contribution < -0.4 is 4.74 Å². The third kappa shape index (κ3) is 5.61. The Morgan fingerprint density at radius 3 is 2.58 bits per heavy atom. The zero-order chi connectivity index (χ0) is 25.0. The molecule has 5 rings (SSSR count). The molecule has 0 radical (unpaired) electrons. The Morgan fingerprint density at radius 1 is 1.06 bits per heavy atom. The van der Waals surface area contributed by atoms with Gasteiger partial charge in [0.05, 0.1) is 23.5 Å². The molecule has 6 heteroatoms. The molecule has 0 saturated carbocycles. The minimum absolute atomic E-state index is 0.0723. The van der Waals surface area contributed by atoms with Gasteiger partial charge in [-0.3, -0.25) is 0 Å². The molecule has 0 aliphatic carbocycles. The van der Waals surface area contributed by atoms with Crippen LogP contribution in [0.2, 0.25) is 0 Å². The van der Waals surface area contributed by atoms with Gasteiger partial charge in [0, 0.05) is 37.4 Å². The van der Waals surface area contributed by atoms with Crippen molar-refractivity contribution in [1.29, 1.82) is 0 Å². The van der Waals surface area contributed by atoms with Crippen molar-refractivity contribution in [1.82, 2.24) is 4.90 Å². The summed E-state index contributed by atoms with van der Waals surface area (Å²) >= 11 is 1.88. The Bertz CT molecular complexity index is 1190. The van der Waals surface area contributed by atoms with Crippen LogP contribution in [0.3, 0.4) is 0 Å². The first-order valence-electron chi connectivity index (χ1n) is 12.6. The number of fused-ring (bicyclic) bond motifs is 2. The first-order chi connectivity index (χ1) is 17.5. The van der Waals surface area contributed by atoms with Crippen LogP contribution in [0, 0.1) is 0 Å². The fourth-order valence-corrected chi connectivity index (χ4v) is 6.57. The van der Waals surface area contributed by atoms with Crippen LogP contribution in [0.5, 0.6) is 5.75 Å². The molecule has 3 aromatic carbocycles. The van der Waals surface area contributed by atoms with E-state index in [9.17, 15) is 9.90 Å². The summed E-state index contributed by atoms with van der Waals surface area (Å²) in [6, 6.07) is 24.3. The Kier molecular flexibility index (Phi) is 7.65. The Hall–Kier alpha value is -2.80. The summed E-state index contributed by atoms with van der Waals surface area (Å²) in [6.45, 7) is 3.27. The highest BCUT2D eigenvalue weighted by Crippen LogP contribution is 2.44. The maximum atomic E-state index is 12.2. The molecule has 3 aromatic rings. The van der Waals surface area contributed by atoms with Crippen molar-refractivity contribution >= 4 is 17.7 Å². The second-order valence-corrected chi connectivity index (χ2v) is 10.9. The molecule has 2 heterocycles. The third-order valence-corrected chi connectivity index (χ3v) is 8.55. The maximum absolute atomic E-state index is 12.2. The highest BCUT2D eigenvalue weighted by molar-refractivity contribution is 7.99. The van der Waals surface area contributed by atoms with E-state index in [-0.39, 0.29) is 11.2 Å². The van der Waals surface area contributed by atoms with Crippen LogP contribution in [0.1, 0.15) is 50.7 Å². The minimum Gasteiger partial charge on any atom is -0.489 e. The van der Waals surface area contributed by atoms with Crippen LogP contribution in [-0.4, -0.2) is 54.1 Å². The lowest BCUT2D eigenvalue weighted by Crippen LogP contribution is -2.46. The van der Waals surface area contributed by atoms with Crippen molar-refractivity contribution < 1.29 is 19.4 Å². The Morgan fingerprint density at radius 2 is 1.81 bits per heavy atom. The van der Waals surface area contributed by atoms with Gasteiger partial charge in [0.2, 0.25) is 0 Å². The van der Waals surface area contributed by atoms with Crippen LogP contribution in [0.4, 0.5) is 0 Å². The summed E-state index contributed by atoms with van der Waals surface area (Å²) in [6.07, 6.45) is 2.30. The number of aliphatic hydroxyl groups is 1. The zero-order valence-corrected chi connectivity index (χ0v) is 21.5. The second-order valence-electron chi connectivity index (χ2n) is 9.71. The van der Waals surface area contributed by atoms with Crippen LogP contribution in [0.15, 0.2) is 72.8 Å². The number of benzene rings is 3. The van der Waals surface area contributed by atoms with Gasteiger partial charge in [-0.15, -0.1) is 11.8 Å².